The summed E-state index contributed by atoms with van der Waals surface area (Å²) in [6.45, 7) is 0. The lowest BCUT2D eigenvalue weighted by Crippen LogP contribution is -2.27. The molecule has 0 saturated heterocycles. The molecule has 100 valence electrons. The third kappa shape index (κ3) is 3.69. The molecule has 1 atom stereocenters. The van der Waals surface area contributed by atoms with Gasteiger partial charge in [0.25, 0.3) is 0 Å². The highest BCUT2D eigenvalue weighted by atomic mass is 35.5. The minimum absolute atomic E-state index is 0.0162. The van der Waals surface area contributed by atoms with Gasteiger partial charge in [0.1, 0.15) is 5.82 Å². The van der Waals surface area contributed by atoms with Crippen LogP contribution in [0.3, 0.4) is 0 Å². The standard InChI is InChI=1S/C15H21ClFN/c16-14-7-4-8-15(17)13(14)10-12(18)9-11-5-2-1-3-6-11/h4,7-8,11-12H,1-3,5-6,9-10,18H2. The largest absolute Gasteiger partial charge is 0.327 e. The van der Waals surface area contributed by atoms with Crippen molar-refractivity contribution in [2.75, 3.05) is 0 Å². The molecule has 3 heteroatoms. The SMILES string of the molecule is NC(Cc1c(F)cccc1Cl)CC1CCCCC1. The van der Waals surface area contributed by atoms with Crippen LogP contribution in [-0.2, 0) is 6.42 Å². The number of benzene rings is 1. The van der Waals surface area contributed by atoms with Crippen LogP contribution in [0.2, 0.25) is 5.02 Å². The van der Waals surface area contributed by atoms with Crippen molar-refractivity contribution in [3.8, 4) is 0 Å². The Morgan fingerprint density at radius 1 is 1.28 bits per heavy atom. The maximum Gasteiger partial charge on any atom is 0.127 e. The number of rotatable bonds is 4. The van der Waals surface area contributed by atoms with Crippen molar-refractivity contribution < 1.29 is 4.39 Å². The Labute approximate surface area is 114 Å². The molecule has 1 aliphatic rings. The Morgan fingerprint density at radius 2 is 2.00 bits per heavy atom. The summed E-state index contributed by atoms with van der Waals surface area (Å²) in [4.78, 5) is 0. The van der Waals surface area contributed by atoms with Crippen LogP contribution in [0, 0.1) is 11.7 Å². The summed E-state index contributed by atoms with van der Waals surface area (Å²) in [6, 6.07) is 4.83. The number of halogens is 2. The average molecular weight is 270 g/mol. The van der Waals surface area contributed by atoms with E-state index in [1.807, 2.05) is 0 Å². The highest BCUT2D eigenvalue weighted by Gasteiger charge is 2.18. The fraction of sp³-hybridized carbons (Fsp3) is 0.600. The van der Waals surface area contributed by atoms with Crippen LogP contribution in [-0.4, -0.2) is 6.04 Å². The average Bonchev–Trinajstić information content (AvgIpc) is 2.35. The van der Waals surface area contributed by atoms with E-state index >= 15 is 0 Å². The molecule has 2 rings (SSSR count). The van der Waals surface area contributed by atoms with Gasteiger partial charge in [-0.3, -0.25) is 0 Å². The van der Waals surface area contributed by atoms with E-state index in [1.165, 1.54) is 38.2 Å². The number of nitrogens with two attached hydrogens (primary N) is 1. The van der Waals surface area contributed by atoms with Crippen LogP contribution in [0.5, 0.6) is 0 Å². The van der Waals surface area contributed by atoms with Gasteiger partial charge in [0.15, 0.2) is 0 Å². The minimum atomic E-state index is -0.235. The van der Waals surface area contributed by atoms with Gasteiger partial charge in [0.2, 0.25) is 0 Å². The van der Waals surface area contributed by atoms with E-state index < -0.39 is 0 Å². The van der Waals surface area contributed by atoms with Crippen molar-refractivity contribution >= 4 is 11.6 Å². The molecule has 0 heterocycles. The molecule has 0 spiro atoms. The smallest absolute Gasteiger partial charge is 0.127 e. The van der Waals surface area contributed by atoms with Crippen molar-refractivity contribution in [2.45, 2.75) is 51.0 Å². The van der Waals surface area contributed by atoms with E-state index in [9.17, 15) is 4.39 Å². The summed E-state index contributed by atoms with van der Waals surface area (Å²) in [7, 11) is 0. The summed E-state index contributed by atoms with van der Waals surface area (Å²) < 4.78 is 13.6. The molecule has 1 nitrogen and oxygen atoms in total. The second-order valence-electron chi connectivity index (χ2n) is 5.40. The van der Waals surface area contributed by atoms with Crippen LogP contribution < -0.4 is 5.73 Å². The van der Waals surface area contributed by atoms with Crippen molar-refractivity contribution in [1.29, 1.82) is 0 Å². The second-order valence-corrected chi connectivity index (χ2v) is 5.81. The zero-order chi connectivity index (χ0) is 13.0. The van der Waals surface area contributed by atoms with Gasteiger partial charge in [-0.2, -0.15) is 0 Å². The molecule has 0 bridgehead atoms. The Hall–Kier alpha value is -0.600. The summed E-state index contributed by atoms with van der Waals surface area (Å²) in [6.07, 6.45) is 8.07. The molecule has 0 radical (unpaired) electrons. The first kappa shape index (κ1) is 13.8. The molecule has 0 aromatic heterocycles. The number of hydrogen-bond donors (Lipinski definition) is 1. The highest BCUT2D eigenvalue weighted by molar-refractivity contribution is 6.31. The predicted octanol–water partition coefficient (Wildman–Crippen LogP) is 4.32. The highest BCUT2D eigenvalue weighted by Crippen LogP contribution is 2.28. The van der Waals surface area contributed by atoms with Crippen molar-refractivity contribution in [3.05, 3.63) is 34.6 Å². The van der Waals surface area contributed by atoms with Crippen molar-refractivity contribution in [2.24, 2.45) is 11.7 Å². The fourth-order valence-electron chi connectivity index (χ4n) is 2.92. The molecule has 0 amide bonds. The van der Waals surface area contributed by atoms with Crippen LogP contribution in [0.1, 0.15) is 44.1 Å². The van der Waals surface area contributed by atoms with E-state index in [2.05, 4.69) is 0 Å². The van der Waals surface area contributed by atoms with Crippen LogP contribution in [0.25, 0.3) is 0 Å². The summed E-state index contributed by atoms with van der Waals surface area (Å²) in [5, 5.41) is 0.495. The van der Waals surface area contributed by atoms with Crippen LogP contribution in [0.15, 0.2) is 18.2 Å². The van der Waals surface area contributed by atoms with E-state index in [0.29, 0.717) is 17.0 Å². The Bertz CT molecular complexity index is 368. The fourth-order valence-corrected chi connectivity index (χ4v) is 3.16. The zero-order valence-electron chi connectivity index (χ0n) is 10.7. The molecule has 18 heavy (non-hydrogen) atoms. The molecule has 1 aliphatic carbocycles. The summed E-state index contributed by atoms with van der Waals surface area (Å²) in [5.41, 5.74) is 6.72. The minimum Gasteiger partial charge on any atom is -0.327 e. The van der Waals surface area contributed by atoms with Gasteiger partial charge in [-0.15, -0.1) is 0 Å². The monoisotopic (exact) mass is 269 g/mol. The molecule has 2 N–H and O–H groups in total. The number of hydrogen-bond acceptors (Lipinski definition) is 1. The molecule has 1 saturated carbocycles. The first-order chi connectivity index (χ1) is 8.66. The van der Waals surface area contributed by atoms with Crippen LogP contribution in [0.4, 0.5) is 4.39 Å². The van der Waals surface area contributed by atoms with Crippen molar-refractivity contribution in [3.63, 3.8) is 0 Å². The van der Waals surface area contributed by atoms with Crippen molar-refractivity contribution in [1.82, 2.24) is 0 Å². The normalized spacial score (nSPS) is 18.8. The molecular weight excluding hydrogens is 249 g/mol. The molecule has 0 aliphatic heterocycles. The molecular formula is C15H21ClFN. The second kappa shape index (κ2) is 6.53. The van der Waals surface area contributed by atoms with Crippen LogP contribution >= 0.6 is 11.6 Å². The van der Waals surface area contributed by atoms with Gasteiger partial charge >= 0.3 is 0 Å². The molecule has 1 aromatic carbocycles. The van der Waals surface area contributed by atoms with Gasteiger partial charge < -0.3 is 5.73 Å². The first-order valence-corrected chi connectivity index (χ1v) is 7.23. The quantitative estimate of drug-likeness (QED) is 0.866. The lowest BCUT2D eigenvalue weighted by molar-refractivity contribution is 0.316. The Kier molecular flexibility index (Phi) is 5.02. The molecule has 1 fully saturated rings. The Balaban J connectivity index is 1.92. The Morgan fingerprint density at radius 3 is 2.67 bits per heavy atom. The van der Waals surface area contributed by atoms with Gasteiger partial charge in [0.05, 0.1) is 0 Å². The zero-order valence-corrected chi connectivity index (χ0v) is 11.4. The first-order valence-electron chi connectivity index (χ1n) is 6.85. The lowest BCUT2D eigenvalue weighted by atomic mass is 9.84. The lowest BCUT2D eigenvalue weighted by Gasteiger charge is -2.24. The van der Waals surface area contributed by atoms with Gasteiger partial charge in [-0.25, -0.2) is 4.39 Å². The van der Waals surface area contributed by atoms with E-state index in [-0.39, 0.29) is 11.9 Å². The third-order valence-electron chi connectivity index (χ3n) is 3.89. The predicted molar refractivity (Wildman–Crippen MR) is 74.3 cm³/mol. The maximum atomic E-state index is 13.6. The van der Waals surface area contributed by atoms with Gasteiger partial charge in [-0.1, -0.05) is 49.8 Å². The summed E-state index contributed by atoms with van der Waals surface area (Å²) >= 11 is 6.02. The maximum absolute atomic E-state index is 13.6. The van der Waals surface area contributed by atoms with E-state index in [1.54, 1.807) is 12.1 Å². The topological polar surface area (TPSA) is 26.0 Å². The third-order valence-corrected chi connectivity index (χ3v) is 4.24. The van der Waals surface area contributed by atoms with Gasteiger partial charge in [-0.05, 0) is 30.9 Å². The summed E-state index contributed by atoms with van der Waals surface area (Å²) in [5.74, 6) is 0.487. The van der Waals surface area contributed by atoms with Gasteiger partial charge in [0, 0.05) is 16.6 Å². The van der Waals surface area contributed by atoms with E-state index in [0.717, 1.165) is 12.3 Å². The van der Waals surface area contributed by atoms with E-state index in [4.69, 9.17) is 17.3 Å². The molecule has 1 aromatic rings. The molecule has 1 unspecified atom stereocenters.